The third-order valence-corrected chi connectivity index (χ3v) is 4.85. The van der Waals surface area contributed by atoms with Gasteiger partial charge in [-0.05, 0) is 47.4 Å². The fourth-order valence-corrected chi connectivity index (χ4v) is 3.63. The Bertz CT molecular complexity index is 884. The van der Waals surface area contributed by atoms with Crippen LogP contribution < -0.4 is 0 Å². The summed E-state index contributed by atoms with van der Waals surface area (Å²) in [4.78, 5) is 26.1. The number of hydroxylamine groups is 2. The van der Waals surface area contributed by atoms with Crippen molar-refractivity contribution in [1.82, 2.24) is 9.96 Å². The number of fused-ring (bicyclic) bond motifs is 4. The molecule has 2 heterocycles. The minimum atomic E-state index is -0.881. The van der Waals surface area contributed by atoms with Crippen LogP contribution in [0.3, 0.4) is 0 Å². The van der Waals surface area contributed by atoms with Gasteiger partial charge in [-0.25, -0.2) is 14.0 Å². The molecule has 26 heavy (non-hydrogen) atoms. The molecule has 0 radical (unpaired) electrons. The second-order valence-corrected chi connectivity index (χ2v) is 6.30. The van der Waals surface area contributed by atoms with Crippen molar-refractivity contribution in [2.24, 2.45) is 0 Å². The van der Waals surface area contributed by atoms with Crippen molar-refractivity contribution in [1.29, 1.82) is 0 Å². The number of esters is 1. The Balaban J connectivity index is 1.82. The lowest BCUT2D eigenvalue weighted by Crippen LogP contribution is -2.39. The number of hydrogen-bond donors (Lipinski definition) is 1. The average Bonchev–Trinajstić information content (AvgIpc) is 2.89. The zero-order chi connectivity index (χ0) is 18.4. The first-order valence-corrected chi connectivity index (χ1v) is 8.36. The van der Waals surface area contributed by atoms with E-state index in [2.05, 4.69) is 0 Å². The molecule has 1 N–H and O–H groups in total. The Morgan fingerprint density at radius 2 is 1.88 bits per heavy atom. The minimum Gasteiger partial charge on any atom is -0.464 e. The summed E-state index contributed by atoms with van der Waals surface area (Å²) >= 11 is 0. The summed E-state index contributed by atoms with van der Waals surface area (Å²) in [5.74, 6) is -0.849. The van der Waals surface area contributed by atoms with Gasteiger partial charge in [0.2, 0.25) is 0 Å². The van der Waals surface area contributed by atoms with Gasteiger partial charge in [0.15, 0.2) is 6.04 Å². The monoisotopic (exact) mass is 356 g/mol. The predicted molar refractivity (Wildman–Crippen MR) is 89.7 cm³/mol. The molecular weight excluding hydrogens is 339 g/mol. The number of hydrogen-bond acceptors (Lipinski definition) is 4. The summed E-state index contributed by atoms with van der Waals surface area (Å²) in [5, 5.41) is 10.8. The highest BCUT2D eigenvalue weighted by atomic mass is 19.1. The van der Waals surface area contributed by atoms with E-state index in [1.807, 2.05) is 12.1 Å². The molecule has 4 rings (SSSR count). The van der Waals surface area contributed by atoms with Gasteiger partial charge in [0.05, 0.1) is 13.2 Å². The molecule has 0 spiro atoms. The molecule has 2 bridgehead atoms. The number of ether oxygens (including phenoxy) is 1. The average molecular weight is 356 g/mol. The smallest absolute Gasteiger partial charge is 0.345 e. The fourth-order valence-electron chi connectivity index (χ4n) is 3.63. The molecule has 134 valence electrons. The summed E-state index contributed by atoms with van der Waals surface area (Å²) in [6.07, 6.45) is 0. The first-order chi connectivity index (χ1) is 12.5. The SMILES string of the molecule is CCOC(=O)C1c2ccc(-c3ccc(F)cc3)cc2C2CN1C(=O)N2O. The zero-order valence-electron chi connectivity index (χ0n) is 14.1. The van der Waals surface area contributed by atoms with Gasteiger partial charge in [0.1, 0.15) is 11.9 Å². The Hall–Kier alpha value is -2.93. The minimum absolute atomic E-state index is 0.201. The quantitative estimate of drug-likeness (QED) is 0.677. The topological polar surface area (TPSA) is 70.1 Å². The summed E-state index contributed by atoms with van der Waals surface area (Å²) in [6.45, 7) is 2.11. The molecule has 2 aromatic carbocycles. The highest BCUT2D eigenvalue weighted by molar-refractivity contribution is 5.88. The maximum Gasteiger partial charge on any atom is 0.345 e. The predicted octanol–water partition coefficient (Wildman–Crippen LogP) is 3.28. The number of urea groups is 1. The van der Waals surface area contributed by atoms with Crippen LogP contribution in [0.25, 0.3) is 11.1 Å². The number of rotatable bonds is 3. The molecule has 2 aliphatic rings. The lowest BCUT2D eigenvalue weighted by Gasteiger charge is -2.31. The molecule has 1 fully saturated rings. The van der Waals surface area contributed by atoms with E-state index in [0.29, 0.717) is 16.2 Å². The summed E-state index contributed by atoms with van der Waals surface area (Å²) < 4.78 is 18.3. The van der Waals surface area contributed by atoms with Gasteiger partial charge in [0, 0.05) is 0 Å². The highest BCUT2D eigenvalue weighted by Crippen LogP contribution is 2.44. The number of halogens is 1. The van der Waals surface area contributed by atoms with Crippen molar-refractivity contribution in [2.75, 3.05) is 13.2 Å². The lowest BCUT2D eigenvalue weighted by molar-refractivity contribution is -0.148. The van der Waals surface area contributed by atoms with Crippen LogP contribution in [0.1, 0.15) is 30.1 Å². The van der Waals surface area contributed by atoms with Crippen LogP contribution in [0.15, 0.2) is 42.5 Å². The largest absolute Gasteiger partial charge is 0.464 e. The zero-order valence-corrected chi connectivity index (χ0v) is 14.1. The molecule has 0 saturated carbocycles. The molecular formula is C19H17FN2O4. The molecule has 2 aromatic rings. The maximum absolute atomic E-state index is 13.2. The fraction of sp³-hybridized carbons (Fsp3) is 0.263. The van der Waals surface area contributed by atoms with Gasteiger partial charge in [0.25, 0.3) is 0 Å². The molecule has 2 aliphatic heterocycles. The van der Waals surface area contributed by atoms with Crippen LogP contribution >= 0.6 is 0 Å². The number of carbonyl (C=O) groups excluding carboxylic acids is 2. The van der Waals surface area contributed by atoms with Crippen LogP contribution in [-0.2, 0) is 9.53 Å². The number of carbonyl (C=O) groups is 2. The number of amides is 2. The molecule has 2 atom stereocenters. The van der Waals surface area contributed by atoms with Gasteiger partial charge >= 0.3 is 12.0 Å². The van der Waals surface area contributed by atoms with Crippen molar-refractivity contribution >= 4 is 12.0 Å². The van der Waals surface area contributed by atoms with Crippen LogP contribution in [0, 0.1) is 5.82 Å². The van der Waals surface area contributed by atoms with Crippen LogP contribution in [0.2, 0.25) is 0 Å². The van der Waals surface area contributed by atoms with Crippen molar-refractivity contribution in [2.45, 2.75) is 19.0 Å². The summed E-state index contributed by atoms with van der Waals surface area (Å²) in [6, 6.07) is 9.42. The number of nitrogens with zero attached hydrogens (tertiary/aromatic N) is 2. The van der Waals surface area contributed by atoms with Gasteiger partial charge in [-0.2, -0.15) is 5.06 Å². The van der Waals surface area contributed by atoms with Crippen molar-refractivity contribution in [3.05, 3.63) is 59.4 Å². The Morgan fingerprint density at radius 1 is 1.19 bits per heavy atom. The van der Waals surface area contributed by atoms with Gasteiger partial charge in [-0.3, -0.25) is 5.21 Å². The lowest BCUT2D eigenvalue weighted by atomic mass is 9.88. The molecule has 0 aromatic heterocycles. The molecule has 0 aliphatic carbocycles. The summed E-state index contributed by atoms with van der Waals surface area (Å²) in [5.41, 5.74) is 2.94. The van der Waals surface area contributed by atoms with E-state index in [9.17, 15) is 19.2 Å². The second-order valence-electron chi connectivity index (χ2n) is 6.30. The van der Waals surface area contributed by atoms with Crippen molar-refractivity contribution in [3.8, 4) is 11.1 Å². The van der Waals surface area contributed by atoms with Crippen molar-refractivity contribution in [3.63, 3.8) is 0 Å². The van der Waals surface area contributed by atoms with Crippen LogP contribution in [0.4, 0.5) is 9.18 Å². The third kappa shape index (κ3) is 2.43. The molecule has 7 heteroatoms. The van der Waals surface area contributed by atoms with E-state index < -0.39 is 24.1 Å². The van der Waals surface area contributed by atoms with Crippen molar-refractivity contribution < 1.29 is 23.9 Å². The molecule has 6 nitrogen and oxygen atoms in total. The third-order valence-electron chi connectivity index (χ3n) is 4.85. The normalized spacial score (nSPS) is 21.0. The van der Waals surface area contributed by atoms with E-state index in [-0.39, 0.29) is 19.0 Å². The Labute approximate surface area is 149 Å². The Kier molecular flexibility index (Phi) is 3.88. The molecule has 2 unspecified atom stereocenters. The number of benzene rings is 2. The standard InChI is InChI=1S/C19H17FN2O4/c1-2-26-18(23)17-14-8-5-12(11-3-6-13(20)7-4-11)9-15(14)16-10-21(17)19(24)22(16)25/h3-9,16-17,25H,2,10H2,1H3. The maximum atomic E-state index is 13.2. The van der Waals surface area contributed by atoms with E-state index in [1.54, 1.807) is 25.1 Å². The van der Waals surface area contributed by atoms with E-state index in [1.165, 1.54) is 17.0 Å². The highest BCUT2D eigenvalue weighted by Gasteiger charge is 2.50. The van der Waals surface area contributed by atoms with E-state index in [0.717, 1.165) is 11.1 Å². The second kappa shape index (κ2) is 6.10. The molecule has 1 saturated heterocycles. The van der Waals surface area contributed by atoms with E-state index in [4.69, 9.17) is 4.74 Å². The first kappa shape index (κ1) is 16.5. The van der Waals surface area contributed by atoms with E-state index >= 15 is 0 Å². The summed E-state index contributed by atoms with van der Waals surface area (Å²) in [7, 11) is 0. The van der Waals surface area contributed by atoms with Gasteiger partial charge < -0.3 is 9.64 Å². The van der Waals surface area contributed by atoms with Crippen LogP contribution in [0.5, 0.6) is 0 Å². The first-order valence-electron chi connectivity index (χ1n) is 8.36. The van der Waals surface area contributed by atoms with Gasteiger partial charge in [-0.15, -0.1) is 0 Å². The van der Waals surface area contributed by atoms with Gasteiger partial charge in [-0.1, -0.05) is 24.3 Å². The molecule has 2 amide bonds. The van der Waals surface area contributed by atoms with Crippen LogP contribution in [-0.4, -0.2) is 40.3 Å². The Morgan fingerprint density at radius 3 is 2.58 bits per heavy atom.